The summed E-state index contributed by atoms with van der Waals surface area (Å²) >= 11 is 7.52. The number of carbonyl (C=O) groups excluding carboxylic acids is 1. The maximum Gasteiger partial charge on any atom is 0.251 e. The predicted octanol–water partition coefficient (Wildman–Crippen LogP) is 3.69. The largest absolute Gasteiger partial charge is 0.396 e. The fourth-order valence-corrected chi connectivity index (χ4v) is 3.17. The maximum absolute atomic E-state index is 12.0. The molecule has 0 aliphatic rings. The summed E-state index contributed by atoms with van der Waals surface area (Å²) in [6.07, 6.45) is 1.52. The second kappa shape index (κ2) is 8.17. The molecular weight excluding hydrogens is 306 g/mol. The van der Waals surface area contributed by atoms with Crippen molar-refractivity contribution < 1.29 is 9.90 Å². The molecule has 1 atom stereocenters. The van der Waals surface area contributed by atoms with E-state index in [4.69, 9.17) is 16.7 Å². The van der Waals surface area contributed by atoms with E-state index in [9.17, 15) is 4.79 Å². The van der Waals surface area contributed by atoms with Crippen LogP contribution in [0.25, 0.3) is 0 Å². The minimum absolute atomic E-state index is 0.120. The van der Waals surface area contributed by atoms with Crippen molar-refractivity contribution in [3.05, 3.63) is 57.2 Å². The van der Waals surface area contributed by atoms with E-state index in [1.165, 1.54) is 5.56 Å². The zero-order valence-corrected chi connectivity index (χ0v) is 13.2. The van der Waals surface area contributed by atoms with Crippen molar-refractivity contribution in [3.8, 4) is 0 Å². The van der Waals surface area contributed by atoms with Crippen LogP contribution < -0.4 is 5.32 Å². The van der Waals surface area contributed by atoms with E-state index in [0.29, 0.717) is 23.6 Å². The van der Waals surface area contributed by atoms with Crippen LogP contribution in [0.5, 0.6) is 0 Å². The second-order valence-corrected chi connectivity index (χ2v) is 6.04. The SMILES string of the molecule is O=C(NCC[C@H](CCO)c1ccsc1)c1cccc(Cl)c1. The third-order valence-corrected chi connectivity index (χ3v) is 4.29. The highest BCUT2D eigenvalue weighted by Gasteiger charge is 2.12. The Morgan fingerprint density at radius 2 is 2.19 bits per heavy atom. The molecule has 5 heteroatoms. The van der Waals surface area contributed by atoms with Gasteiger partial charge in [-0.3, -0.25) is 4.79 Å². The van der Waals surface area contributed by atoms with Gasteiger partial charge in [-0.25, -0.2) is 0 Å². The number of rotatable bonds is 7. The molecule has 21 heavy (non-hydrogen) atoms. The van der Waals surface area contributed by atoms with Gasteiger partial charge in [0.1, 0.15) is 0 Å². The number of thiophene rings is 1. The van der Waals surface area contributed by atoms with Crippen molar-refractivity contribution in [1.82, 2.24) is 5.32 Å². The molecule has 0 fully saturated rings. The van der Waals surface area contributed by atoms with Crippen LogP contribution in [0.3, 0.4) is 0 Å². The quantitative estimate of drug-likeness (QED) is 0.816. The zero-order chi connectivity index (χ0) is 15.1. The molecule has 2 N–H and O–H groups in total. The number of amides is 1. The lowest BCUT2D eigenvalue weighted by Crippen LogP contribution is -2.25. The summed E-state index contributed by atoms with van der Waals surface area (Å²) in [5.41, 5.74) is 1.79. The van der Waals surface area contributed by atoms with Crippen LogP contribution in [-0.4, -0.2) is 24.2 Å². The van der Waals surface area contributed by atoms with Gasteiger partial charge in [-0.1, -0.05) is 17.7 Å². The van der Waals surface area contributed by atoms with Gasteiger partial charge in [0.15, 0.2) is 0 Å². The Morgan fingerprint density at radius 1 is 1.33 bits per heavy atom. The van der Waals surface area contributed by atoms with E-state index < -0.39 is 0 Å². The topological polar surface area (TPSA) is 49.3 Å². The third-order valence-electron chi connectivity index (χ3n) is 3.36. The van der Waals surface area contributed by atoms with Crippen LogP contribution in [-0.2, 0) is 0 Å². The molecule has 1 aromatic carbocycles. The van der Waals surface area contributed by atoms with Crippen LogP contribution >= 0.6 is 22.9 Å². The van der Waals surface area contributed by atoms with Gasteiger partial charge < -0.3 is 10.4 Å². The molecule has 0 unspecified atom stereocenters. The predicted molar refractivity (Wildman–Crippen MR) is 87.2 cm³/mol. The van der Waals surface area contributed by atoms with Crippen LogP contribution in [0.1, 0.15) is 34.7 Å². The van der Waals surface area contributed by atoms with Gasteiger partial charge in [0.2, 0.25) is 0 Å². The lowest BCUT2D eigenvalue weighted by molar-refractivity contribution is 0.0952. The first-order valence-corrected chi connectivity index (χ1v) is 8.19. The Hall–Kier alpha value is -1.36. The van der Waals surface area contributed by atoms with Gasteiger partial charge in [0, 0.05) is 23.7 Å². The molecular formula is C16H18ClNO2S. The minimum Gasteiger partial charge on any atom is -0.396 e. The van der Waals surface area contributed by atoms with Crippen LogP contribution in [0.4, 0.5) is 0 Å². The molecule has 0 radical (unpaired) electrons. The van der Waals surface area contributed by atoms with Gasteiger partial charge in [0.25, 0.3) is 5.91 Å². The number of hydrogen-bond donors (Lipinski definition) is 2. The van der Waals surface area contributed by atoms with Crippen LogP contribution in [0.15, 0.2) is 41.1 Å². The highest BCUT2D eigenvalue weighted by molar-refractivity contribution is 7.07. The van der Waals surface area contributed by atoms with E-state index in [0.717, 1.165) is 6.42 Å². The molecule has 0 aliphatic carbocycles. The average Bonchev–Trinajstić information content (AvgIpc) is 3.00. The Labute approximate surface area is 133 Å². The van der Waals surface area contributed by atoms with Crippen molar-refractivity contribution in [3.63, 3.8) is 0 Å². The first kappa shape index (κ1) is 16.0. The van der Waals surface area contributed by atoms with E-state index in [1.54, 1.807) is 35.6 Å². The van der Waals surface area contributed by atoms with Gasteiger partial charge in [-0.2, -0.15) is 11.3 Å². The molecule has 1 heterocycles. The third kappa shape index (κ3) is 4.84. The number of hydrogen-bond acceptors (Lipinski definition) is 3. The number of nitrogens with one attached hydrogen (secondary N) is 1. The van der Waals surface area contributed by atoms with Gasteiger partial charge in [-0.05, 0) is 59.3 Å². The molecule has 0 aliphatic heterocycles. The van der Waals surface area contributed by atoms with Gasteiger partial charge >= 0.3 is 0 Å². The monoisotopic (exact) mass is 323 g/mol. The summed E-state index contributed by atoms with van der Waals surface area (Å²) in [7, 11) is 0. The summed E-state index contributed by atoms with van der Waals surface area (Å²) in [5.74, 6) is 0.159. The molecule has 0 saturated heterocycles. The van der Waals surface area contributed by atoms with Gasteiger partial charge in [-0.15, -0.1) is 0 Å². The summed E-state index contributed by atoms with van der Waals surface area (Å²) < 4.78 is 0. The van der Waals surface area contributed by atoms with Crippen molar-refractivity contribution in [2.45, 2.75) is 18.8 Å². The molecule has 2 aromatic rings. The zero-order valence-electron chi connectivity index (χ0n) is 11.6. The minimum atomic E-state index is -0.120. The highest BCUT2D eigenvalue weighted by Crippen LogP contribution is 2.24. The number of benzene rings is 1. The van der Waals surface area contributed by atoms with Crippen LogP contribution in [0.2, 0.25) is 5.02 Å². The lowest BCUT2D eigenvalue weighted by atomic mass is 9.95. The highest BCUT2D eigenvalue weighted by atomic mass is 35.5. The first-order valence-electron chi connectivity index (χ1n) is 6.87. The van der Waals surface area contributed by atoms with Crippen molar-refractivity contribution >= 4 is 28.8 Å². The Balaban J connectivity index is 1.86. The van der Waals surface area contributed by atoms with E-state index in [-0.39, 0.29) is 18.4 Å². The molecule has 0 saturated carbocycles. The average molecular weight is 324 g/mol. The number of carbonyl (C=O) groups is 1. The van der Waals surface area contributed by atoms with Gasteiger partial charge in [0.05, 0.1) is 0 Å². The Bertz CT molecular complexity index is 571. The fraction of sp³-hybridized carbons (Fsp3) is 0.312. The lowest BCUT2D eigenvalue weighted by Gasteiger charge is -2.15. The molecule has 112 valence electrons. The number of aliphatic hydroxyl groups excluding tert-OH is 1. The number of aliphatic hydroxyl groups is 1. The van der Waals surface area contributed by atoms with Crippen molar-refractivity contribution in [2.24, 2.45) is 0 Å². The van der Waals surface area contributed by atoms with E-state index >= 15 is 0 Å². The second-order valence-electron chi connectivity index (χ2n) is 4.82. The number of halogens is 1. The van der Waals surface area contributed by atoms with Crippen molar-refractivity contribution in [1.29, 1.82) is 0 Å². The fourth-order valence-electron chi connectivity index (χ4n) is 2.23. The van der Waals surface area contributed by atoms with E-state index in [2.05, 4.69) is 16.8 Å². The molecule has 3 nitrogen and oxygen atoms in total. The Morgan fingerprint density at radius 3 is 2.86 bits per heavy atom. The first-order chi connectivity index (χ1) is 10.2. The molecule has 1 aromatic heterocycles. The van der Waals surface area contributed by atoms with Crippen LogP contribution in [0, 0.1) is 0 Å². The molecule has 0 spiro atoms. The normalized spacial score (nSPS) is 12.1. The summed E-state index contributed by atoms with van der Waals surface area (Å²) in [6, 6.07) is 8.97. The summed E-state index contributed by atoms with van der Waals surface area (Å²) in [6.45, 7) is 0.731. The summed E-state index contributed by atoms with van der Waals surface area (Å²) in [4.78, 5) is 12.0. The smallest absolute Gasteiger partial charge is 0.251 e. The molecule has 1 amide bonds. The molecule has 0 bridgehead atoms. The Kier molecular flexibility index (Phi) is 6.23. The standard InChI is InChI=1S/C16H18ClNO2S/c17-15-3-1-2-13(10-15)16(20)18-7-4-12(5-8-19)14-6-9-21-11-14/h1-3,6,9-12,19H,4-5,7-8H2,(H,18,20)/t12-/m1/s1. The molecule has 2 rings (SSSR count). The van der Waals surface area contributed by atoms with Crippen molar-refractivity contribution in [2.75, 3.05) is 13.2 Å². The maximum atomic E-state index is 12.0. The van der Waals surface area contributed by atoms with E-state index in [1.807, 2.05) is 5.38 Å². The summed E-state index contributed by atoms with van der Waals surface area (Å²) in [5, 5.41) is 16.7.